The van der Waals surface area contributed by atoms with Gasteiger partial charge in [-0.15, -0.1) is 0 Å². The fourth-order valence-electron chi connectivity index (χ4n) is 1.55. The van der Waals surface area contributed by atoms with E-state index < -0.39 is 0 Å². The summed E-state index contributed by atoms with van der Waals surface area (Å²) in [6.45, 7) is 0.988. The number of nitrogens with zero attached hydrogens (tertiary/aromatic N) is 2. The van der Waals surface area contributed by atoms with Crippen LogP contribution in [0.15, 0.2) is 39.7 Å². The van der Waals surface area contributed by atoms with Crippen LogP contribution in [-0.2, 0) is 7.05 Å². The molecule has 20 heavy (non-hydrogen) atoms. The largest absolute Gasteiger partial charge is 0.492 e. The molecule has 7 heteroatoms. The summed E-state index contributed by atoms with van der Waals surface area (Å²) < 4.78 is 7.25. The molecule has 2 rings (SSSR count). The zero-order chi connectivity index (χ0) is 14.5. The molecule has 2 aromatic rings. The Morgan fingerprint density at radius 2 is 2.30 bits per heavy atom. The number of hydrogen-bond donors (Lipinski definition) is 1. The van der Waals surface area contributed by atoms with Crippen LogP contribution in [0.25, 0.3) is 0 Å². The first-order valence-corrected chi connectivity index (χ1v) is 7.09. The maximum absolute atomic E-state index is 11.6. The Kier molecular flexibility index (Phi) is 5.03. The van der Waals surface area contributed by atoms with Gasteiger partial charge in [0, 0.05) is 18.6 Å². The van der Waals surface area contributed by atoms with Crippen molar-refractivity contribution in [2.45, 2.75) is 0 Å². The van der Waals surface area contributed by atoms with Crippen molar-refractivity contribution < 1.29 is 4.74 Å². The van der Waals surface area contributed by atoms with Gasteiger partial charge >= 0.3 is 0 Å². The van der Waals surface area contributed by atoms with E-state index in [1.165, 1.54) is 4.68 Å². The molecule has 0 aliphatic carbocycles. The van der Waals surface area contributed by atoms with Gasteiger partial charge in [0.2, 0.25) is 0 Å². The Morgan fingerprint density at radius 1 is 1.50 bits per heavy atom. The number of aryl methyl sites for hydroxylation is 1. The molecule has 0 atom stereocenters. The molecule has 0 unspecified atom stereocenters. The number of nitrogens with one attached hydrogen (secondary N) is 1. The highest BCUT2D eigenvalue weighted by atomic mass is 79.9. The van der Waals surface area contributed by atoms with Gasteiger partial charge in [-0.25, -0.2) is 4.68 Å². The minimum atomic E-state index is -0.189. The van der Waals surface area contributed by atoms with E-state index in [2.05, 4.69) is 26.3 Å². The average Bonchev–Trinajstić information content (AvgIpc) is 2.43. The van der Waals surface area contributed by atoms with Crippen molar-refractivity contribution in [2.75, 3.05) is 18.5 Å². The highest BCUT2D eigenvalue weighted by molar-refractivity contribution is 9.10. The zero-order valence-corrected chi connectivity index (χ0v) is 13.1. The molecule has 5 nitrogen and oxygen atoms in total. The van der Waals surface area contributed by atoms with E-state index in [0.29, 0.717) is 34.1 Å². The van der Waals surface area contributed by atoms with Crippen molar-refractivity contribution in [1.29, 1.82) is 0 Å². The van der Waals surface area contributed by atoms with Gasteiger partial charge in [0.25, 0.3) is 5.56 Å². The highest BCUT2D eigenvalue weighted by Gasteiger charge is 2.05. The van der Waals surface area contributed by atoms with E-state index in [1.54, 1.807) is 25.4 Å². The molecule has 0 radical (unpaired) electrons. The second-order valence-corrected chi connectivity index (χ2v) is 5.26. The van der Waals surface area contributed by atoms with E-state index >= 15 is 0 Å². The molecule has 1 N–H and O–H groups in total. The van der Waals surface area contributed by atoms with E-state index in [4.69, 9.17) is 16.3 Å². The minimum Gasteiger partial charge on any atom is -0.492 e. The Balaban J connectivity index is 1.88. The van der Waals surface area contributed by atoms with Crippen LogP contribution < -0.4 is 15.6 Å². The average molecular weight is 359 g/mol. The maximum Gasteiger partial charge on any atom is 0.282 e. The number of aromatic nitrogens is 2. The van der Waals surface area contributed by atoms with Crippen LogP contribution in [0, 0.1) is 0 Å². The second kappa shape index (κ2) is 6.76. The molecular weight excluding hydrogens is 346 g/mol. The van der Waals surface area contributed by atoms with Crippen molar-refractivity contribution in [3.8, 4) is 5.75 Å². The normalized spacial score (nSPS) is 10.3. The minimum absolute atomic E-state index is 0.189. The second-order valence-electron chi connectivity index (χ2n) is 4.03. The maximum atomic E-state index is 11.6. The lowest BCUT2D eigenvalue weighted by atomic mass is 10.3. The first-order chi connectivity index (χ1) is 9.58. The third-order valence-electron chi connectivity index (χ3n) is 2.56. The number of benzene rings is 1. The van der Waals surface area contributed by atoms with Crippen LogP contribution >= 0.6 is 27.5 Å². The van der Waals surface area contributed by atoms with Crippen LogP contribution in [0.5, 0.6) is 5.75 Å². The van der Waals surface area contributed by atoms with Gasteiger partial charge in [-0.1, -0.05) is 17.7 Å². The predicted octanol–water partition coefficient (Wildman–Crippen LogP) is 2.69. The molecule has 0 amide bonds. The van der Waals surface area contributed by atoms with Crippen LogP contribution in [0.3, 0.4) is 0 Å². The van der Waals surface area contributed by atoms with Crippen LogP contribution in [0.4, 0.5) is 5.69 Å². The molecule has 1 aromatic heterocycles. The summed E-state index contributed by atoms with van der Waals surface area (Å²) in [5.74, 6) is 0.709. The summed E-state index contributed by atoms with van der Waals surface area (Å²) in [5.41, 5.74) is 0.452. The first kappa shape index (κ1) is 14.9. The van der Waals surface area contributed by atoms with Gasteiger partial charge in [-0.2, -0.15) is 5.10 Å². The summed E-state index contributed by atoms with van der Waals surface area (Å²) in [4.78, 5) is 11.6. The van der Waals surface area contributed by atoms with Gasteiger partial charge in [-0.3, -0.25) is 4.79 Å². The molecule has 0 bridgehead atoms. The third-order valence-corrected chi connectivity index (χ3v) is 3.56. The zero-order valence-electron chi connectivity index (χ0n) is 10.8. The van der Waals surface area contributed by atoms with Crippen molar-refractivity contribution in [3.63, 3.8) is 0 Å². The lowest BCUT2D eigenvalue weighted by Gasteiger charge is -2.10. The number of halogens is 2. The Hall–Kier alpha value is -1.53. The first-order valence-electron chi connectivity index (χ1n) is 5.92. The molecule has 0 aliphatic heterocycles. The van der Waals surface area contributed by atoms with E-state index in [9.17, 15) is 4.79 Å². The monoisotopic (exact) mass is 357 g/mol. The summed E-state index contributed by atoms with van der Waals surface area (Å²) in [5, 5.41) is 7.66. The fourth-order valence-corrected chi connectivity index (χ4v) is 2.22. The molecule has 0 fully saturated rings. The molecule has 106 valence electrons. The molecule has 1 heterocycles. The lowest BCUT2D eigenvalue weighted by Crippen LogP contribution is -2.22. The SMILES string of the molecule is Cn1ncc(NCCOc2cccc(Cl)c2)c(Br)c1=O. The van der Waals surface area contributed by atoms with Gasteiger partial charge in [0.15, 0.2) is 0 Å². The molecule has 1 aromatic carbocycles. The topological polar surface area (TPSA) is 56.1 Å². The highest BCUT2D eigenvalue weighted by Crippen LogP contribution is 2.17. The lowest BCUT2D eigenvalue weighted by molar-refractivity contribution is 0.333. The summed E-state index contributed by atoms with van der Waals surface area (Å²) >= 11 is 9.10. The number of hydrogen-bond acceptors (Lipinski definition) is 4. The van der Waals surface area contributed by atoms with Crippen molar-refractivity contribution in [3.05, 3.63) is 50.3 Å². The number of ether oxygens (including phenoxy) is 1. The molecule has 0 spiro atoms. The molecular formula is C13H13BrClN3O2. The predicted molar refractivity (Wildman–Crippen MR) is 82.6 cm³/mol. The van der Waals surface area contributed by atoms with Crippen molar-refractivity contribution >= 4 is 33.2 Å². The number of rotatable bonds is 5. The summed E-state index contributed by atoms with van der Waals surface area (Å²) in [7, 11) is 1.60. The van der Waals surface area contributed by atoms with Gasteiger partial charge in [0.05, 0.1) is 11.9 Å². The summed E-state index contributed by atoms with van der Waals surface area (Å²) in [6.07, 6.45) is 1.59. The third kappa shape index (κ3) is 3.74. The Morgan fingerprint density at radius 3 is 3.05 bits per heavy atom. The Labute approximate surface area is 129 Å². The van der Waals surface area contributed by atoms with Crippen LogP contribution in [0.1, 0.15) is 0 Å². The van der Waals surface area contributed by atoms with E-state index in [-0.39, 0.29) is 5.56 Å². The van der Waals surface area contributed by atoms with Gasteiger partial charge < -0.3 is 10.1 Å². The van der Waals surface area contributed by atoms with Gasteiger partial charge in [0.1, 0.15) is 16.8 Å². The Bertz CT molecular complexity index is 660. The number of anilines is 1. The molecule has 0 saturated carbocycles. The van der Waals surface area contributed by atoms with Crippen molar-refractivity contribution in [2.24, 2.45) is 7.05 Å². The standard InChI is InChI=1S/C13H13BrClN3O2/c1-18-13(19)12(14)11(8-17-18)16-5-6-20-10-4-2-3-9(15)7-10/h2-4,7-8,16H,5-6H2,1H3. The summed E-state index contributed by atoms with van der Waals surface area (Å²) in [6, 6.07) is 7.20. The van der Waals surface area contributed by atoms with E-state index in [1.807, 2.05) is 12.1 Å². The molecule has 0 saturated heterocycles. The van der Waals surface area contributed by atoms with E-state index in [0.717, 1.165) is 0 Å². The van der Waals surface area contributed by atoms with Crippen LogP contribution in [0.2, 0.25) is 5.02 Å². The smallest absolute Gasteiger partial charge is 0.282 e. The molecule has 0 aliphatic rings. The fraction of sp³-hybridized carbons (Fsp3) is 0.231. The quantitative estimate of drug-likeness (QED) is 0.835. The van der Waals surface area contributed by atoms with Crippen molar-refractivity contribution in [1.82, 2.24) is 9.78 Å². The van der Waals surface area contributed by atoms with Gasteiger partial charge in [-0.05, 0) is 34.1 Å². The van der Waals surface area contributed by atoms with Crippen LogP contribution in [-0.4, -0.2) is 22.9 Å².